The zero-order valence-corrected chi connectivity index (χ0v) is 10.1. The van der Waals surface area contributed by atoms with Gasteiger partial charge >= 0.3 is 0 Å². The van der Waals surface area contributed by atoms with Crippen LogP contribution in [0.2, 0.25) is 0 Å². The maximum Gasteiger partial charge on any atom is 0.160 e. The fourth-order valence-electron chi connectivity index (χ4n) is 1.87. The van der Waals surface area contributed by atoms with Crippen LogP contribution in [0, 0.1) is 5.41 Å². The van der Waals surface area contributed by atoms with Crippen LogP contribution in [0.15, 0.2) is 18.2 Å². The number of rotatable bonds is 6. The lowest BCUT2D eigenvalue weighted by Gasteiger charge is -2.13. The van der Waals surface area contributed by atoms with Crippen LogP contribution in [0.25, 0.3) is 0 Å². The summed E-state index contributed by atoms with van der Waals surface area (Å²) < 4.78 is 5.05. The lowest BCUT2D eigenvalue weighted by atomic mass is 10.1. The summed E-state index contributed by atoms with van der Waals surface area (Å²) in [6, 6.07) is 5.32. The molecule has 0 spiro atoms. The third kappa shape index (κ3) is 2.90. The van der Waals surface area contributed by atoms with E-state index in [1.54, 1.807) is 6.07 Å². The summed E-state index contributed by atoms with van der Waals surface area (Å²) in [4.78, 5) is 0. The van der Waals surface area contributed by atoms with Gasteiger partial charge in [-0.2, -0.15) is 0 Å². The molecule has 94 valence electrons. The van der Waals surface area contributed by atoms with Crippen LogP contribution in [0.5, 0.6) is 11.5 Å². The van der Waals surface area contributed by atoms with Crippen LogP contribution in [0.3, 0.4) is 0 Å². The molecule has 0 amide bonds. The molecule has 17 heavy (non-hydrogen) atoms. The first-order valence-corrected chi connectivity index (χ1v) is 5.87. The molecular weight excluding hydrogens is 218 g/mol. The summed E-state index contributed by atoms with van der Waals surface area (Å²) in [6.45, 7) is 1.82. The summed E-state index contributed by atoms with van der Waals surface area (Å²) in [5.41, 5.74) is 1.19. The first-order valence-electron chi connectivity index (χ1n) is 5.87. The second-order valence-electron chi connectivity index (χ2n) is 4.77. The molecule has 0 radical (unpaired) electrons. The molecule has 4 nitrogen and oxygen atoms in total. The highest BCUT2D eigenvalue weighted by atomic mass is 16.5. The third-order valence-corrected chi connectivity index (χ3v) is 3.37. The fraction of sp³-hybridized carbons (Fsp3) is 0.538. The van der Waals surface area contributed by atoms with Crippen molar-refractivity contribution >= 4 is 0 Å². The Kier molecular flexibility index (Phi) is 3.54. The molecule has 0 saturated heterocycles. The number of aliphatic hydroxyl groups is 1. The Morgan fingerprint density at radius 3 is 2.76 bits per heavy atom. The molecule has 0 heterocycles. The van der Waals surface area contributed by atoms with E-state index < -0.39 is 0 Å². The van der Waals surface area contributed by atoms with E-state index in [1.165, 1.54) is 7.11 Å². The summed E-state index contributed by atoms with van der Waals surface area (Å²) in [7, 11) is 1.54. The molecule has 2 rings (SSSR count). The van der Waals surface area contributed by atoms with Gasteiger partial charge in [-0.1, -0.05) is 6.07 Å². The van der Waals surface area contributed by atoms with E-state index in [0.717, 1.165) is 31.5 Å². The zero-order valence-electron chi connectivity index (χ0n) is 10.1. The molecule has 3 N–H and O–H groups in total. The van der Waals surface area contributed by atoms with Crippen LogP contribution >= 0.6 is 0 Å². The normalized spacial score (nSPS) is 16.8. The van der Waals surface area contributed by atoms with Gasteiger partial charge in [-0.3, -0.25) is 0 Å². The Morgan fingerprint density at radius 1 is 1.41 bits per heavy atom. The standard InChI is InChI=1S/C13H19NO3/c1-17-12-6-10(2-3-11(12)16)7-14-8-13(9-15)4-5-13/h2-3,6,14-16H,4-5,7-9H2,1H3. The molecule has 0 atom stereocenters. The number of methoxy groups -OCH3 is 1. The van der Waals surface area contributed by atoms with E-state index in [0.29, 0.717) is 5.75 Å². The number of hydrogen-bond donors (Lipinski definition) is 3. The number of hydrogen-bond acceptors (Lipinski definition) is 4. The van der Waals surface area contributed by atoms with Crippen molar-refractivity contribution < 1.29 is 14.9 Å². The Morgan fingerprint density at radius 2 is 2.18 bits per heavy atom. The lowest BCUT2D eigenvalue weighted by molar-refractivity contribution is 0.207. The van der Waals surface area contributed by atoms with Gasteiger partial charge in [0, 0.05) is 25.1 Å². The lowest BCUT2D eigenvalue weighted by Crippen LogP contribution is -2.26. The smallest absolute Gasteiger partial charge is 0.160 e. The van der Waals surface area contributed by atoms with Crippen molar-refractivity contribution in [3.63, 3.8) is 0 Å². The highest BCUT2D eigenvalue weighted by molar-refractivity contribution is 5.41. The molecule has 0 aliphatic heterocycles. The summed E-state index contributed by atoms with van der Waals surface area (Å²) in [5, 5.41) is 22.0. The molecule has 1 aliphatic carbocycles. The summed E-state index contributed by atoms with van der Waals surface area (Å²) in [5.74, 6) is 0.651. The van der Waals surface area contributed by atoms with Crippen LogP contribution in [0.1, 0.15) is 18.4 Å². The van der Waals surface area contributed by atoms with Crippen molar-refractivity contribution in [1.29, 1.82) is 0 Å². The number of benzene rings is 1. The second kappa shape index (κ2) is 4.94. The van der Waals surface area contributed by atoms with Gasteiger partial charge < -0.3 is 20.3 Å². The number of aliphatic hydroxyl groups excluding tert-OH is 1. The van der Waals surface area contributed by atoms with Gasteiger partial charge in [0.1, 0.15) is 0 Å². The second-order valence-corrected chi connectivity index (χ2v) is 4.77. The van der Waals surface area contributed by atoms with Gasteiger partial charge in [0.2, 0.25) is 0 Å². The summed E-state index contributed by atoms with van der Waals surface area (Å²) in [6.07, 6.45) is 2.21. The highest BCUT2D eigenvalue weighted by Crippen LogP contribution is 2.44. The van der Waals surface area contributed by atoms with Crippen molar-refractivity contribution in [2.24, 2.45) is 5.41 Å². The van der Waals surface area contributed by atoms with Gasteiger partial charge in [-0.25, -0.2) is 0 Å². The van der Waals surface area contributed by atoms with E-state index in [4.69, 9.17) is 4.74 Å². The van der Waals surface area contributed by atoms with E-state index in [1.807, 2.05) is 12.1 Å². The van der Waals surface area contributed by atoms with Crippen LogP contribution < -0.4 is 10.1 Å². The SMILES string of the molecule is COc1cc(CNCC2(CO)CC2)ccc1O. The number of nitrogens with one attached hydrogen (secondary N) is 1. The number of phenolic OH excluding ortho intramolecular Hbond substituents is 1. The molecule has 0 unspecified atom stereocenters. The van der Waals surface area contributed by atoms with Crippen molar-refractivity contribution in [1.82, 2.24) is 5.32 Å². The van der Waals surface area contributed by atoms with Gasteiger partial charge in [0.15, 0.2) is 11.5 Å². The molecule has 1 aromatic rings. The Bertz CT molecular complexity index is 388. The number of ether oxygens (including phenoxy) is 1. The highest BCUT2D eigenvalue weighted by Gasteiger charge is 2.41. The minimum atomic E-state index is 0.126. The van der Waals surface area contributed by atoms with Crippen LogP contribution in [-0.2, 0) is 6.54 Å². The predicted octanol–water partition coefficient (Wildman–Crippen LogP) is 1.26. The molecule has 1 saturated carbocycles. The first kappa shape index (κ1) is 12.2. The first-order chi connectivity index (χ1) is 8.19. The Labute approximate surface area is 101 Å². The van der Waals surface area contributed by atoms with Gasteiger partial charge in [-0.15, -0.1) is 0 Å². The minimum Gasteiger partial charge on any atom is -0.504 e. The largest absolute Gasteiger partial charge is 0.504 e. The third-order valence-electron chi connectivity index (χ3n) is 3.37. The Hall–Kier alpha value is -1.26. The summed E-state index contributed by atoms with van der Waals surface area (Å²) >= 11 is 0. The maximum absolute atomic E-state index is 9.46. The monoisotopic (exact) mass is 237 g/mol. The maximum atomic E-state index is 9.46. The molecular formula is C13H19NO3. The molecule has 0 aromatic heterocycles. The van der Waals surface area contributed by atoms with Gasteiger partial charge in [-0.05, 0) is 30.5 Å². The van der Waals surface area contributed by atoms with Crippen LogP contribution in [0.4, 0.5) is 0 Å². The fourth-order valence-corrected chi connectivity index (χ4v) is 1.87. The van der Waals surface area contributed by atoms with Crippen LogP contribution in [-0.4, -0.2) is 30.5 Å². The average molecular weight is 237 g/mol. The van der Waals surface area contributed by atoms with Gasteiger partial charge in [0.25, 0.3) is 0 Å². The molecule has 1 fully saturated rings. The quantitative estimate of drug-likeness (QED) is 0.697. The van der Waals surface area contributed by atoms with Crippen molar-refractivity contribution in [2.75, 3.05) is 20.3 Å². The van der Waals surface area contributed by atoms with E-state index in [9.17, 15) is 10.2 Å². The Balaban J connectivity index is 1.86. The number of aromatic hydroxyl groups is 1. The minimum absolute atomic E-state index is 0.126. The zero-order chi connectivity index (χ0) is 12.3. The van der Waals surface area contributed by atoms with Crippen molar-refractivity contribution in [2.45, 2.75) is 19.4 Å². The predicted molar refractivity (Wildman–Crippen MR) is 65.1 cm³/mol. The molecule has 1 aliphatic rings. The molecule has 4 heteroatoms. The topological polar surface area (TPSA) is 61.7 Å². The van der Waals surface area contributed by atoms with Gasteiger partial charge in [0.05, 0.1) is 7.11 Å². The van der Waals surface area contributed by atoms with E-state index in [2.05, 4.69) is 5.32 Å². The van der Waals surface area contributed by atoms with E-state index in [-0.39, 0.29) is 17.8 Å². The molecule has 0 bridgehead atoms. The number of phenols is 1. The van der Waals surface area contributed by atoms with Crippen molar-refractivity contribution in [3.8, 4) is 11.5 Å². The van der Waals surface area contributed by atoms with E-state index >= 15 is 0 Å². The molecule has 1 aromatic carbocycles. The average Bonchev–Trinajstić information content (AvgIpc) is 3.12. The van der Waals surface area contributed by atoms with Crippen molar-refractivity contribution in [3.05, 3.63) is 23.8 Å².